The molecule has 0 aliphatic carbocycles. The fourth-order valence-electron chi connectivity index (χ4n) is 1.84. The predicted octanol–water partition coefficient (Wildman–Crippen LogP) is 2.70. The summed E-state index contributed by atoms with van der Waals surface area (Å²) in [5.41, 5.74) is 3.04. The molecule has 2 aromatic rings. The minimum absolute atomic E-state index is 0.132. The average Bonchev–Trinajstić information content (AvgIpc) is 2.55. The minimum Gasteiger partial charge on any atom is -0.314 e. The van der Waals surface area contributed by atoms with E-state index in [0.717, 1.165) is 23.2 Å². The summed E-state index contributed by atoms with van der Waals surface area (Å²) in [5.74, 6) is 0.132. The second-order valence-electron chi connectivity index (χ2n) is 3.42. The molecule has 0 radical (unpaired) electrons. The second kappa shape index (κ2) is 3.29. The van der Waals surface area contributed by atoms with Gasteiger partial charge in [-0.1, -0.05) is 13.0 Å². The fraction of sp³-hybridized carbons (Fsp3) is 0.250. The third kappa shape index (κ3) is 1.23. The summed E-state index contributed by atoms with van der Waals surface area (Å²) in [6.45, 7) is 3.69. The zero-order valence-electron chi connectivity index (χ0n) is 8.45. The van der Waals surface area contributed by atoms with Crippen molar-refractivity contribution in [3.63, 3.8) is 0 Å². The van der Waals surface area contributed by atoms with Crippen molar-refractivity contribution in [2.24, 2.45) is 0 Å². The highest BCUT2D eigenvalue weighted by Crippen LogP contribution is 2.17. The van der Waals surface area contributed by atoms with Gasteiger partial charge in [0.15, 0.2) is 5.78 Å². The Bertz CT molecular complexity index is 482. The van der Waals surface area contributed by atoms with Gasteiger partial charge in [0.05, 0.1) is 5.69 Å². The zero-order chi connectivity index (χ0) is 10.1. The Hall–Kier alpha value is -1.57. The topological polar surface area (TPSA) is 21.5 Å². The number of carbonyl (C=O) groups is 1. The number of nitrogens with zero attached hydrogens (tertiary/aromatic N) is 1. The summed E-state index contributed by atoms with van der Waals surface area (Å²) >= 11 is 0. The third-order valence-corrected chi connectivity index (χ3v) is 2.47. The van der Waals surface area contributed by atoms with Gasteiger partial charge < -0.3 is 4.40 Å². The molecule has 0 saturated carbocycles. The molecule has 0 unspecified atom stereocenters. The highest BCUT2D eigenvalue weighted by atomic mass is 16.1. The number of fused-ring (bicyclic) bond motifs is 1. The van der Waals surface area contributed by atoms with Gasteiger partial charge in [-0.3, -0.25) is 4.79 Å². The third-order valence-electron chi connectivity index (χ3n) is 2.47. The standard InChI is InChI=1S/C12H13NO/c1-3-10-8-11-6-4-5-7-13(11)12(10)9(2)14/h4-8H,3H2,1-2H3. The van der Waals surface area contributed by atoms with E-state index in [1.54, 1.807) is 6.92 Å². The highest BCUT2D eigenvalue weighted by Gasteiger charge is 2.11. The molecule has 72 valence electrons. The molecule has 0 saturated heterocycles. The Morgan fingerprint density at radius 2 is 2.21 bits per heavy atom. The summed E-state index contributed by atoms with van der Waals surface area (Å²) in [6, 6.07) is 8.03. The molecular formula is C12H13NO. The average molecular weight is 187 g/mol. The van der Waals surface area contributed by atoms with Crippen molar-refractivity contribution in [3.05, 3.63) is 41.7 Å². The number of rotatable bonds is 2. The van der Waals surface area contributed by atoms with E-state index in [9.17, 15) is 4.79 Å². The highest BCUT2D eigenvalue weighted by molar-refractivity contribution is 5.95. The van der Waals surface area contributed by atoms with Gasteiger partial charge in [0.1, 0.15) is 0 Å². The van der Waals surface area contributed by atoms with Gasteiger partial charge in [0.2, 0.25) is 0 Å². The normalized spacial score (nSPS) is 10.7. The molecule has 2 heteroatoms. The Labute approximate surface area is 83.2 Å². The van der Waals surface area contributed by atoms with Crippen molar-refractivity contribution in [3.8, 4) is 0 Å². The van der Waals surface area contributed by atoms with Crippen LogP contribution in [0, 0.1) is 0 Å². The molecular weight excluding hydrogens is 174 g/mol. The Morgan fingerprint density at radius 1 is 1.43 bits per heavy atom. The van der Waals surface area contributed by atoms with Crippen molar-refractivity contribution in [2.75, 3.05) is 0 Å². The maximum Gasteiger partial charge on any atom is 0.176 e. The maximum absolute atomic E-state index is 11.5. The summed E-state index contributed by atoms with van der Waals surface area (Å²) < 4.78 is 1.96. The van der Waals surface area contributed by atoms with Crippen molar-refractivity contribution >= 4 is 11.3 Å². The summed E-state index contributed by atoms with van der Waals surface area (Å²) in [7, 11) is 0. The number of aromatic nitrogens is 1. The number of hydrogen-bond donors (Lipinski definition) is 0. The molecule has 2 heterocycles. The van der Waals surface area contributed by atoms with Gasteiger partial charge >= 0.3 is 0 Å². The molecule has 0 aliphatic heterocycles. The van der Waals surface area contributed by atoms with Crippen LogP contribution < -0.4 is 0 Å². The van der Waals surface area contributed by atoms with Crippen molar-refractivity contribution in [1.82, 2.24) is 4.40 Å². The quantitative estimate of drug-likeness (QED) is 0.662. The zero-order valence-corrected chi connectivity index (χ0v) is 8.45. The molecule has 0 aliphatic rings. The van der Waals surface area contributed by atoms with Crippen molar-refractivity contribution in [2.45, 2.75) is 20.3 Å². The van der Waals surface area contributed by atoms with Crippen molar-refractivity contribution in [1.29, 1.82) is 0 Å². The maximum atomic E-state index is 11.5. The predicted molar refractivity (Wildman–Crippen MR) is 56.8 cm³/mol. The van der Waals surface area contributed by atoms with Gasteiger partial charge in [0, 0.05) is 18.6 Å². The SMILES string of the molecule is CCc1cc2ccccn2c1C(C)=O. The molecule has 0 fully saturated rings. The summed E-state index contributed by atoms with van der Waals surface area (Å²) in [4.78, 5) is 11.5. The van der Waals surface area contributed by atoms with Crippen LogP contribution in [0.25, 0.3) is 5.52 Å². The minimum atomic E-state index is 0.132. The lowest BCUT2D eigenvalue weighted by molar-refractivity contribution is 0.101. The van der Waals surface area contributed by atoms with E-state index >= 15 is 0 Å². The molecule has 0 amide bonds. The molecule has 0 bridgehead atoms. The van der Waals surface area contributed by atoms with Crippen LogP contribution in [-0.4, -0.2) is 10.2 Å². The van der Waals surface area contributed by atoms with Gasteiger partial charge in [-0.25, -0.2) is 0 Å². The first-order valence-corrected chi connectivity index (χ1v) is 4.84. The smallest absolute Gasteiger partial charge is 0.176 e. The van der Waals surface area contributed by atoms with Gasteiger partial charge in [0.25, 0.3) is 0 Å². The Kier molecular flexibility index (Phi) is 2.12. The first kappa shape index (κ1) is 9.00. The molecule has 2 rings (SSSR count). The first-order valence-electron chi connectivity index (χ1n) is 4.84. The van der Waals surface area contributed by atoms with Crippen molar-refractivity contribution < 1.29 is 4.79 Å². The van der Waals surface area contributed by atoms with E-state index in [1.165, 1.54) is 0 Å². The van der Waals surface area contributed by atoms with Crippen LogP contribution >= 0.6 is 0 Å². The van der Waals surface area contributed by atoms with E-state index in [2.05, 4.69) is 13.0 Å². The van der Waals surface area contributed by atoms with Gasteiger partial charge in [-0.05, 0) is 30.2 Å². The number of ketones is 1. The number of Topliss-reactive ketones (excluding diaryl/α,β-unsaturated/α-hetero) is 1. The Morgan fingerprint density at radius 3 is 2.86 bits per heavy atom. The lowest BCUT2D eigenvalue weighted by Gasteiger charge is -2.00. The lowest BCUT2D eigenvalue weighted by Crippen LogP contribution is -2.01. The fourth-order valence-corrected chi connectivity index (χ4v) is 1.84. The molecule has 2 aromatic heterocycles. The molecule has 2 nitrogen and oxygen atoms in total. The lowest BCUT2D eigenvalue weighted by atomic mass is 10.1. The van der Waals surface area contributed by atoms with E-state index in [4.69, 9.17) is 0 Å². The van der Waals surface area contributed by atoms with Crippen LogP contribution in [0.15, 0.2) is 30.5 Å². The van der Waals surface area contributed by atoms with Crippen LogP contribution in [0.4, 0.5) is 0 Å². The summed E-state index contributed by atoms with van der Waals surface area (Å²) in [5, 5.41) is 0. The van der Waals surface area contributed by atoms with Crippen LogP contribution in [0.2, 0.25) is 0 Å². The number of hydrogen-bond acceptors (Lipinski definition) is 1. The molecule has 14 heavy (non-hydrogen) atoms. The summed E-state index contributed by atoms with van der Waals surface area (Å²) in [6.07, 6.45) is 2.84. The largest absolute Gasteiger partial charge is 0.314 e. The molecule has 0 aromatic carbocycles. The number of carbonyl (C=O) groups excluding carboxylic acids is 1. The van der Waals surface area contributed by atoms with E-state index in [-0.39, 0.29) is 5.78 Å². The first-order chi connectivity index (χ1) is 6.74. The molecule has 0 N–H and O–H groups in total. The van der Waals surface area contributed by atoms with Crippen LogP contribution in [0.5, 0.6) is 0 Å². The van der Waals surface area contributed by atoms with Gasteiger partial charge in [-0.15, -0.1) is 0 Å². The van der Waals surface area contributed by atoms with E-state index in [0.29, 0.717) is 0 Å². The number of aryl methyl sites for hydroxylation is 1. The van der Waals surface area contributed by atoms with Crippen LogP contribution in [0.1, 0.15) is 29.9 Å². The molecule has 0 atom stereocenters. The van der Waals surface area contributed by atoms with Gasteiger partial charge in [-0.2, -0.15) is 0 Å². The molecule has 0 spiro atoms. The van der Waals surface area contributed by atoms with Crippen LogP contribution in [0.3, 0.4) is 0 Å². The van der Waals surface area contributed by atoms with E-state index in [1.807, 2.05) is 28.8 Å². The monoisotopic (exact) mass is 187 g/mol. The van der Waals surface area contributed by atoms with E-state index < -0.39 is 0 Å². The number of pyridine rings is 1. The van der Waals surface area contributed by atoms with Crippen LogP contribution in [-0.2, 0) is 6.42 Å². The second-order valence-corrected chi connectivity index (χ2v) is 3.42. The Balaban J connectivity index is 2.81.